The number of H-pyrrole nitrogens is 1. The molecule has 0 atom stereocenters. The topological polar surface area (TPSA) is 74.3 Å². The molecule has 22 heavy (non-hydrogen) atoms. The van der Waals surface area contributed by atoms with E-state index in [0.717, 1.165) is 10.9 Å². The molecule has 1 amide bonds. The van der Waals surface area contributed by atoms with E-state index in [0.29, 0.717) is 22.6 Å². The second-order valence-corrected chi connectivity index (χ2v) is 4.88. The zero-order chi connectivity index (χ0) is 15.5. The van der Waals surface area contributed by atoms with Gasteiger partial charge in [-0.25, -0.2) is 0 Å². The number of aromatic amines is 1. The number of nitrogens with one attached hydrogen (secondary N) is 2. The van der Waals surface area contributed by atoms with E-state index >= 15 is 0 Å². The van der Waals surface area contributed by atoms with Crippen LogP contribution >= 0.6 is 0 Å². The lowest BCUT2D eigenvalue weighted by molar-refractivity contribution is 0.102. The van der Waals surface area contributed by atoms with Crippen molar-refractivity contribution in [1.82, 2.24) is 4.98 Å². The number of hydrogen-bond acceptors (Lipinski definition) is 3. The molecule has 3 N–H and O–H groups in total. The third-order valence-electron chi connectivity index (χ3n) is 3.55. The van der Waals surface area contributed by atoms with E-state index in [2.05, 4.69) is 10.3 Å². The molecule has 112 valence electrons. The molecule has 0 spiro atoms. The van der Waals surface area contributed by atoms with Crippen molar-refractivity contribution in [2.24, 2.45) is 0 Å². The van der Waals surface area contributed by atoms with Crippen molar-refractivity contribution in [2.75, 3.05) is 12.4 Å². The van der Waals surface area contributed by atoms with Gasteiger partial charge < -0.3 is 20.1 Å². The van der Waals surface area contributed by atoms with Gasteiger partial charge in [-0.3, -0.25) is 4.79 Å². The number of fused-ring (bicyclic) bond motifs is 1. The summed E-state index contributed by atoms with van der Waals surface area (Å²) >= 11 is 0. The SMILES string of the molecule is COc1ccc(NC(=O)c2cccc3[nH]ccc23)cc1CO. The monoisotopic (exact) mass is 296 g/mol. The van der Waals surface area contributed by atoms with Gasteiger partial charge in [0.1, 0.15) is 5.75 Å². The number of anilines is 1. The lowest BCUT2D eigenvalue weighted by Gasteiger charge is -2.10. The van der Waals surface area contributed by atoms with Crippen LogP contribution < -0.4 is 10.1 Å². The number of aromatic nitrogens is 1. The van der Waals surface area contributed by atoms with Crippen molar-refractivity contribution in [3.63, 3.8) is 0 Å². The summed E-state index contributed by atoms with van der Waals surface area (Å²) in [5.74, 6) is 0.396. The molecule has 0 bridgehead atoms. The Morgan fingerprint density at radius 2 is 2.14 bits per heavy atom. The third kappa shape index (κ3) is 2.54. The minimum absolute atomic E-state index is 0.153. The Labute approximate surface area is 127 Å². The summed E-state index contributed by atoms with van der Waals surface area (Å²) < 4.78 is 5.15. The molecule has 3 aromatic rings. The molecule has 5 nitrogen and oxygen atoms in total. The fraction of sp³-hybridized carbons (Fsp3) is 0.118. The van der Waals surface area contributed by atoms with Crippen LogP contribution in [0.5, 0.6) is 5.75 Å². The first-order chi connectivity index (χ1) is 10.7. The number of carbonyl (C=O) groups is 1. The van der Waals surface area contributed by atoms with Crippen LogP contribution in [-0.4, -0.2) is 23.1 Å². The zero-order valence-electron chi connectivity index (χ0n) is 12.1. The molecular weight excluding hydrogens is 280 g/mol. The maximum Gasteiger partial charge on any atom is 0.256 e. The normalized spacial score (nSPS) is 10.6. The molecular formula is C17H16N2O3. The average molecular weight is 296 g/mol. The van der Waals surface area contributed by atoms with Gasteiger partial charge in [0.05, 0.1) is 13.7 Å². The van der Waals surface area contributed by atoms with E-state index in [-0.39, 0.29) is 12.5 Å². The van der Waals surface area contributed by atoms with Gasteiger partial charge in [0, 0.05) is 33.9 Å². The van der Waals surface area contributed by atoms with Crippen molar-refractivity contribution in [1.29, 1.82) is 0 Å². The first kappa shape index (κ1) is 14.2. The highest BCUT2D eigenvalue weighted by molar-refractivity contribution is 6.12. The van der Waals surface area contributed by atoms with E-state index in [9.17, 15) is 9.90 Å². The van der Waals surface area contributed by atoms with Gasteiger partial charge in [0.15, 0.2) is 0 Å². The second kappa shape index (κ2) is 5.91. The van der Waals surface area contributed by atoms with E-state index in [4.69, 9.17) is 4.74 Å². The minimum Gasteiger partial charge on any atom is -0.496 e. The third-order valence-corrected chi connectivity index (χ3v) is 3.55. The van der Waals surface area contributed by atoms with E-state index in [1.165, 1.54) is 0 Å². The van der Waals surface area contributed by atoms with Crippen molar-refractivity contribution < 1.29 is 14.6 Å². The maximum absolute atomic E-state index is 12.5. The van der Waals surface area contributed by atoms with Crippen molar-refractivity contribution in [3.8, 4) is 5.75 Å². The van der Waals surface area contributed by atoms with Gasteiger partial charge in [-0.1, -0.05) is 6.07 Å². The van der Waals surface area contributed by atoms with Crippen molar-refractivity contribution in [2.45, 2.75) is 6.61 Å². The number of rotatable bonds is 4. The molecule has 3 rings (SSSR count). The highest BCUT2D eigenvalue weighted by Crippen LogP contribution is 2.24. The molecule has 5 heteroatoms. The highest BCUT2D eigenvalue weighted by atomic mass is 16.5. The van der Waals surface area contributed by atoms with E-state index < -0.39 is 0 Å². The standard InChI is InChI=1S/C17H16N2O3/c1-22-16-6-5-12(9-11(16)10-20)19-17(21)14-3-2-4-15-13(14)7-8-18-15/h2-9,18,20H,10H2,1H3,(H,19,21). The van der Waals surface area contributed by atoms with E-state index in [1.807, 2.05) is 18.2 Å². The fourth-order valence-electron chi connectivity index (χ4n) is 2.46. The van der Waals surface area contributed by atoms with Gasteiger partial charge in [-0.05, 0) is 36.4 Å². The summed E-state index contributed by atoms with van der Waals surface area (Å²) in [7, 11) is 1.54. The van der Waals surface area contributed by atoms with Crippen LogP contribution in [0.3, 0.4) is 0 Å². The molecule has 0 aliphatic heterocycles. The van der Waals surface area contributed by atoms with Crippen LogP contribution in [0.15, 0.2) is 48.7 Å². The summed E-state index contributed by atoms with van der Waals surface area (Å²) in [6, 6.07) is 12.6. The van der Waals surface area contributed by atoms with Crippen LogP contribution in [0.4, 0.5) is 5.69 Å². The van der Waals surface area contributed by atoms with Crippen molar-refractivity contribution >= 4 is 22.5 Å². The number of amides is 1. The average Bonchev–Trinajstić information content (AvgIpc) is 3.03. The number of aliphatic hydroxyl groups is 1. The van der Waals surface area contributed by atoms with E-state index in [1.54, 1.807) is 37.6 Å². The van der Waals surface area contributed by atoms with Crippen LogP contribution in [0, 0.1) is 0 Å². The summed E-state index contributed by atoms with van der Waals surface area (Å²) in [5, 5.41) is 13.1. The Morgan fingerprint density at radius 1 is 1.27 bits per heavy atom. The molecule has 0 unspecified atom stereocenters. The van der Waals surface area contributed by atoms with Crippen LogP contribution in [0.1, 0.15) is 15.9 Å². The quantitative estimate of drug-likeness (QED) is 0.693. The fourth-order valence-corrected chi connectivity index (χ4v) is 2.46. The number of aliphatic hydroxyl groups excluding tert-OH is 1. The molecule has 1 heterocycles. The van der Waals surface area contributed by atoms with Crippen LogP contribution in [0.2, 0.25) is 0 Å². The predicted molar refractivity (Wildman–Crippen MR) is 85.2 cm³/mol. The van der Waals surface area contributed by atoms with Gasteiger partial charge in [0.2, 0.25) is 0 Å². The molecule has 2 aromatic carbocycles. The van der Waals surface area contributed by atoms with Gasteiger partial charge in [-0.2, -0.15) is 0 Å². The van der Waals surface area contributed by atoms with Gasteiger partial charge in [-0.15, -0.1) is 0 Å². The predicted octanol–water partition coefficient (Wildman–Crippen LogP) is 2.92. The smallest absolute Gasteiger partial charge is 0.256 e. The summed E-state index contributed by atoms with van der Waals surface area (Å²) in [6.45, 7) is -0.153. The molecule has 0 aliphatic carbocycles. The van der Waals surface area contributed by atoms with Gasteiger partial charge in [0.25, 0.3) is 5.91 Å². The lowest BCUT2D eigenvalue weighted by atomic mass is 10.1. The summed E-state index contributed by atoms with van der Waals surface area (Å²) in [4.78, 5) is 15.5. The Bertz CT molecular complexity index is 824. The Balaban J connectivity index is 1.90. The molecule has 0 aliphatic rings. The maximum atomic E-state index is 12.5. The number of carbonyl (C=O) groups excluding carboxylic acids is 1. The van der Waals surface area contributed by atoms with Crippen molar-refractivity contribution in [3.05, 3.63) is 59.8 Å². The number of methoxy groups -OCH3 is 1. The molecule has 0 saturated carbocycles. The molecule has 0 radical (unpaired) electrons. The molecule has 0 saturated heterocycles. The van der Waals surface area contributed by atoms with Gasteiger partial charge >= 0.3 is 0 Å². The lowest BCUT2D eigenvalue weighted by Crippen LogP contribution is -2.12. The van der Waals surface area contributed by atoms with Crippen LogP contribution in [-0.2, 0) is 6.61 Å². The summed E-state index contributed by atoms with van der Waals surface area (Å²) in [6.07, 6.45) is 1.80. The first-order valence-corrected chi connectivity index (χ1v) is 6.88. The summed E-state index contributed by atoms with van der Waals surface area (Å²) in [5.41, 5.74) is 2.75. The molecule has 0 fully saturated rings. The Morgan fingerprint density at radius 3 is 2.91 bits per heavy atom. The number of hydrogen-bond donors (Lipinski definition) is 3. The number of ether oxygens (including phenoxy) is 1. The second-order valence-electron chi connectivity index (χ2n) is 4.88. The molecule has 1 aromatic heterocycles. The number of benzene rings is 2. The Hall–Kier alpha value is -2.79. The zero-order valence-corrected chi connectivity index (χ0v) is 12.1. The largest absolute Gasteiger partial charge is 0.496 e. The minimum atomic E-state index is -0.195. The highest BCUT2D eigenvalue weighted by Gasteiger charge is 2.12. The first-order valence-electron chi connectivity index (χ1n) is 6.88. The van der Waals surface area contributed by atoms with Crippen LogP contribution in [0.25, 0.3) is 10.9 Å². The Kier molecular flexibility index (Phi) is 3.80.